The number of anilines is 2. The van der Waals surface area contributed by atoms with Crippen molar-refractivity contribution in [2.45, 2.75) is 38.9 Å². The predicted molar refractivity (Wildman–Crippen MR) is 111 cm³/mol. The molecule has 0 aliphatic carbocycles. The van der Waals surface area contributed by atoms with E-state index in [0.29, 0.717) is 5.02 Å². The van der Waals surface area contributed by atoms with E-state index in [9.17, 15) is 4.79 Å². The SMILES string of the molecule is CCN(CC)c1ccc(C2N(c3cccc(Cl)c3)C(=O)C3CCCN32)cc1. The van der Waals surface area contributed by atoms with Gasteiger partial charge in [0, 0.05) is 36.0 Å². The van der Waals surface area contributed by atoms with Crippen molar-refractivity contribution < 1.29 is 4.79 Å². The van der Waals surface area contributed by atoms with E-state index in [1.165, 1.54) is 5.69 Å². The van der Waals surface area contributed by atoms with Crippen LogP contribution in [0.4, 0.5) is 11.4 Å². The lowest BCUT2D eigenvalue weighted by atomic mass is 10.1. The minimum atomic E-state index is -0.0609. The molecular weight excluding hydrogens is 358 g/mol. The number of fused-ring (bicyclic) bond motifs is 1. The number of nitrogens with zero attached hydrogens (tertiary/aromatic N) is 3. The average Bonchev–Trinajstić information content (AvgIpc) is 3.25. The van der Waals surface area contributed by atoms with Crippen LogP contribution in [0.3, 0.4) is 0 Å². The Kier molecular flexibility index (Phi) is 5.11. The molecule has 2 heterocycles. The summed E-state index contributed by atoms with van der Waals surface area (Å²) in [5, 5.41) is 0.656. The lowest BCUT2D eigenvalue weighted by Gasteiger charge is -2.30. The summed E-state index contributed by atoms with van der Waals surface area (Å²) in [5.74, 6) is 0.188. The Morgan fingerprint density at radius 2 is 1.85 bits per heavy atom. The van der Waals surface area contributed by atoms with Gasteiger partial charge in [0.25, 0.3) is 0 Å². The number of carbonyl (C=O) groups excluding carboxylic acids is 1. The summed E-state index contributed by atoms with van der Waals surface area (Å²) in [6, 6.07) is 16.3. The number of amides is 1. The zero-order valence-corrected chi connectivity index (χ0v) is 16.7. The smallest absolute Gasteiger partial charge is 0.246 e. The molecule has 0 bridgehead atoms. The summed E-state index contributed by atoms with van der Waals surface area (Å²) < 4.78 is 0. The third kappa shape index (κ3) is 3.21. The van der Waals surface area contributed by atoms with Crippen LogP contribution in [-0.4, -0.2) is 36.5 Å². The fourth-order valence-corrected chi connectivity index (χ4v) is 4.64. The molecule has 2 atom stereocenters. The summed E-state index contributed by atoms with van der Waals surface area (Å²) in [4.78, 5) is 19.8. The molecule has 5 heteroatoms. The molecule has 2 aromatic carbocycles. The molecule has 0 spiro atoms. The van der Waals surface area contributed by atoms with Gasteiger partial charge in [-0.1, -0.05) is 29.8 Å². The Labute approximate surface area is 166 Å². The fourth-order valence-electron chi connectivity index (χ4n) is 4.46. The number of benzene rings is 2. The minimum Gasteiger partial charge on any atom is -0.372 e. The molecule has 0 aromatic heterocycles. The lowest BCUT2D eigenvalue weighted by molar-refractivity contribution is -0.119. The highest BCUT2D eigenvalue weighted by molar-refractivity contribution is 6.31. The maximum absolute atomic E-state index is 13.2. The van der Waals surface area contributed by atoms with Gasteiger partial charge in [-0.05, 0) is 62.6 Å². The molecule has 0 radical (unpaired) electrons. The summed E-state index contributed by atoms with van der Waals surface area (Å²) in [7, 11) is 0. The summed E-state index contributed by atoms with van der Waals surface area (Å²) in [5.41, 5.74) is 3.25. The molecule has 1 amide bonds. The van der Waals surface area contributed by atoms with Gasteiger partial charge in [0.05, 0.1) is 6.04 Å². The molecule has 4 rings (SSSR count). The van der Waals surface area contributed by atoms with Crippen molar-refractivity contribution in [2.75, 3.05) is 29.4 Å². The number of rotatable bonds is 5. The third-order valence-corrected chi connectivity index (χ3v) is 6.02. The Morgan fingerprint density at radius 1 is 1.11 bits per heavy atom. The van der Waals surface area contributed by atoms with Crippen LogP contribution in [0, 0.1) is 0 Å². The van der Waals surface area contributed by atoms with Crippen LogP contribution in [0.5, 0.6) is 0 Å². The maximum Gasteiger partial charge on any atom is 0.246 e. The van der Waals surface area contributed by atoms with Crippen molar-refractivity contribution >= 4 is 28.9 Å². The van der Waals surface area contributed by atoms with Crippen LogP contribution in [0.1, 0.15) is 38.4 Å². The molecule has 4 nitrogen and oxygen atoms in total. The molecule has 2 fully saturated rings. The molecule has 2 aromatic rings. The summed E-state index contributed by atoms with van der Waals surface area (Å²) in [6.07, 6.45) is 1.95. The Balaban J connectivity index is 1.72. The molecule has 0 saturated carbocycles. The standard InChI is InChI=1S/C22H26ClN3O/c1-3-24(4-2)18-12-10-16(11-13-18)21-25-14-6-9-20(25)22(27)26(21)19-8-5-7-17(23)15-19/h5,7-8,10-13,15,20-21H,3-4,6,9,14H2,1-2H3. The van der Waals surface area contributed by atoms with Crippen molar-refractivity contribution in [3.8, 4) is 0 Å². The molecule has 27 heavy (non-hydrogen) atoms. The zero-order chi connectivity index (χ0) is 19.0. The Hall–Kier alpha value is -2.04. The van der Waals surface area contributed by atoms with Gasteiger partial charge in [0.1, 0.15) is 6.17 Å². The fraction of sp³-hybridized carbons (Fsp3) is 0.409. The highest BCUT2D eigenvalue weighted by atomic mass is 35.5. The molecule has 2 saturated heterocycles. The van der Waals surface area contributed by atoms with Gasteiger partial charge in [-0.2, -0.15) is 0 Å². The van der Waals surface area contributed by atoms with Crippen molar-refractivity contribution in [1.29, 1.82) is 0 Å². The number of hydrogen-bond donors (Lipinski definition) is 0. The first-order chi connectivity index (χ1) is 13.1. The quantitative estimate of drug-likeness (QED) is 0.749. The van der Waals surface area contributed by atoms with E-state index in [-0.39, 0.29) is 18.1 Å². The van der Waals surface area contributed by atoms with Gasteiger partial charge in [-0.15, -0.1) is 0 Å². The predicted octanol–water partition coefficient (Wildman–Crippen LogP) is 4.70. The van der Waals surface area contributed by atoms with Crippen LogP contribution >= 0.6 is 11.6 Å². The van der Waals surface area contributed by atoms with Gasteiger partial charge in [-0.25, -0.2) is 0 Å². The molecule has 2 aliphatic rings. The summed E-state index contributed by atoms with van der Waals surface area (Å²) >= 11 is 6.22. The highest BCUT2D eigenvalue weighted by Crippen LogP contribution is 2.43. The van der Waals surface area contributed by atoms with Crippen LogP contribution in [0.15, 0.2) is 48.5 Å². The Morgan fingerprint density at radius 3 is 2.52 bits per heavy atom. The third-order valence-electron chi connectivity index (χ3n) is 5.78. The van der Waals surface area contributed by atoms with Gasteiger partial charge in [0.2, 0.25) is 5.91 Å². The molecule has 2 aliphatic heterocycles. The lowest BCUT2D eigenvalue weighted by Crippen LogP contribution is -2.32. The van der Waals surface area contributed by atoms with E-state index in [2.05, 4.69) is 47.9 Å². The molecule has 0 N–H and O–H groups in total. The summed E-state index contributed by atoms with van der Waals surface area (Å²) in [6.45, 7) is 7.27. The van der Waals surface area contributed by atoms with Gasteiger partial charge in [-0.3, -0.25) is 14.6 Å². The second-order valence-corrected chi connectivity index (χ2v) is 7.66. The van der Waals surface area contributed by atoms with Crippen molar-refractivity contribution in [1.82, 2.24) is 4.90 Å². The maximum atomic E-state index is 13.2. The van der Waals surface area contributed by atoms with Gasteiger partial charge < -0.3 is 4.90 Å². The highest BCUT2D eigenvalue weighted by Gasteiger charge is 2.49. The normalized spacial score (nSPS) is 22.3. The number of hydrogen-bond acceptors (Lipinski definition) is 3. The van der Waals surface area contributed by atoms with Gasteiger partial charge >= 0.3 is 0 Å². The Bertz CT molecular complexity index is 819. The van der Waals surface area contributed by atoms with Crippen LogP contribution in [-0.2, 0) is 4.79 Å². The van der Waals surface area contributed by atoms with E-state index in [1.54, 1.807) is 0 Å². The first-order valence-electron chi connectivity index (χ1n) is 9.83. The first kappa shape index (κ1) is 18.3. The zero-order valence-electron chi connectivity index (χ0n) is 15.9. The van der Waals surface area contributed by atoms with Crippen LogP contribution in [0.2, 0.25) is 5.02 Å². The monoisotopic (exact) mass is 383 g/mol. The van der Waals surface area contributed by atoms with E-state index < -0.39 is 0 Å². The van der Waals surface area contributed by atoms with Crippen LogP contribution < -0.4 is 9.80 Å². The molecular formula is C22H26ClN3O. The number of halogens is 1. The topological polar surface area (TPSA) is 26.8 Å². The average molecular weight is 384 g/mol. The van der Waals surface area contributed by atoms with E-state index >= 15 is 0 Å². The van der Waals surface area contributed by atoms with Crippen molar-refractivity contribution in [2.24, 2.45) is 0 Å². The minimum absolute atomic E-state index is 0.0172. The second kappa shape index (κ2) is 7.53. The second-order valence-electron chi connectivity index (χ2n) is 7.22. The molecule has 142 valence electrons. The van der Waals surface area contributed by atoms with Crippen LogP contribution in [0.25, 0.3) is 0 Å². The first-order valence-corrected chi connectivity index (χ1v) is 10.2. The van der Waals surface area contributed by atoms with E-state index in [1.807, 2.05) is 29.2 Å². The van der Waals surface area contributed by atoms with Crippen molar-refractivity contribution in [3.63, 3.8) is 0 Å². The van der Waals surface area contributed by atoms with E-state index in [0.717, 1.165) is 43.7 Å². The van der Waals surface area contributed by atoms with Gasteiger partial charge in [0.15, 0.2) is 0 Å². The largest absolute Gasteiger partial charge is 0.372 e. The van der Waals surface area contributed by atoms with Crippen molar-refractivity contribution in [3.05, 3.63) is 59.1 Å². The number of carbonyl (C=O) groups is 1. The molecule has 2 unspecified atom stereocenters. The van der Waals surface area contributed by atoms with E-state index in [4.69, 9.17) is 11.6 Å².